The van der Waals surface area contributed by atoms with Crippen molar-refractivity contribution >= 4 is 13.9 Å². The van der Waals surface area contributed by atoms with Gasteiger partial charge in [-0.15, -0.1) is 0 Å². The summed E-state index contributed by atoms with van der Waals surface area (Å²) in [6.45, 7) is 1.81. The van der Waals surface area contributed by atoms with Gasteiger partial charge in [0.1, 0.15) is 0 Å². The summed E-state index contributed by atoms with van der Waals surface area (Å²) in [5.41, 5.74) is 7.33. The molecule has 0 unspecified atom stereocenters. The fraction of sp³-hybridized carbons (Fsp3) is 0.619. The zero-order valence-corrected chi connectivity index (χ0v) is 17.8. The molecule has 0 aliphatic carbocycles. The summed E-state index contributed by atoms with van der Waals surface area (Å²) < 4.78 is 15.1. The molecule has 0 radical (unpaired) electrons. The summed E-state index contributed by atoms with van der Waals surface area (Å²) in [6.07, 6.45) is 14.5. The van der Waals surface area contributed by atoms with Crippen molar-refractivity contribution in [1.82, 2.24) is 0 Å². The normalized spacial score (nSPS) is 14.5. The zero-order chi connectivity index (χ0) is 20.8. The predicted molar refractivity (Wildman–Crippen MR) is 114 cm³/mol. The summed E-state index contributed by atoms with van der Waals surface area (Å²) >= 11 is 0. The molecule has 0 spiro atoms. The smallest absolute Gasteiger partial charge is 0.387 e. The first-order valence-corrected chi connectivity index (χ1v) is 11.8. The average molecular weight is 413 g/mol. The number of aliphatic hydroxyl groups is 1. The number of benzene rings is 1. The first-order valence-electron chi connectivity index (χ1n) is 10.2. The van der Waals surface area contributed by atoms with Crippen molar-refractivity contribution in [3.8, 4) is 0 Å². The highest BCUT2D eigenvalue weighted by atomic mass is 31.2. The summed E-state index contributed by atoms with van der Waals surface area (Å²) in [5, 5.41) is 10.3. The van der Waals surface area contributed by atoms with Gasteiger partial charge in [-0.1, -0.05) is 82.2 Å². The molecule has 5 N–H and O–H groups in total. The Hall–Kier alpha value is -1.01. The second kappa shape index (κ2) is 14.0. The first-order chi connectivity index (χ1) is 13.3. The lowest BCUT2D eigenvalue weighted by molar-refractivity contribution is 0.102. The molecule has 0 amide bonds. The minimum absolute atomic E-state index is 0.427. The number of aliphatic hydroxyl groups excluding tert-OH is 1. The fourth-order valence-electron chi connectivity index (χ4n) is 2.98. The maximum absolute atomic E-state index is 10.7. The second-order valence-corrected chi connectivity index (χ2v) is 8.47. The highest BCUT2D eigenvalue weighted by Gasteiger charge is 2.22. The van der Waals surface area contributed by atoms with Crippen LogP contribution in [0.5, 0.6) is 0 Å². The van der Waals surface area contributed by atoms with Crippen LogP contribution in [0.3, 0.4) is 0 Å². The van der Waals surface area contributed by atoms with Crippen LogP contribution in [0.1, 0.15) is 81.9 Å². The Balaban J connectivity index is 2.35. The molecule has 0 saturated heterocycles. The van der Waals surface area contributed by atoms with Crippen LogP contribution >= 0.6 is 7.82 Å². The van der Waals surface area contributed by atoms with E-state index in [9.17, 15) is 9.67 Å². The predicted octanol–water partition coefficient (Wildman–Crippen LogP) is 4.70. The van der Waals surface area contributed by atoms with Gasteiger partial charge in [0.2, 0.25) is 0 Å². The number of rotatable bonds is 15. The average Bonchev–Trinajstić information content (AvgIpc) is 2.66. The van der Waals surface area contributed by atoms with Gasteiger partial charge in [-0.25, -0.2) is 4.57 Å². The van der Waals surface area contributed by atoms with E-state index < -0.39 is 26.6 Å². The van der Waals surface area contributed by atoms with E-state index >= 15 is 0 Å². The van der Waals surface area contributed by atoms with Gasteiger partial charge in [0.25, 0.3) is 0 Å². The Bertz CT molecular complexity index is 617. The second-order valence-electron chi connectivity index (χ2n) is 7.23. The Morgan fingerprint density at radius 2 is 1.75 bits per heavy atom. The summed E-state index contributed by atoms with van der Waals surface area (Å²) in [5.74, 6) is 0. The summed E-state index contributed by atoms with van der Waals surface area (Å²) in [7, 11) is -4.60. The molecule has 1 aromatic rings. The van der Waals surface area contributed by atoms with E-state index in [-0.39, 0.29) is 0 Å². The van der Waals surface area contributed by atoms with Crippen LogP contribution < -0.4 is 5.73 Å². The van der Waals surface area contributed by atoms with Crippen molar-refractivity contribution in [2.75, 3.05) is 6.61 Å². The van der Waals surface area contributed by atoms with E-state index in [1.165, 1.54) is 51.4 Å². The van der Waals surface area contributed by atoms with E-state index in [4.69, 9.17) is 15.5 Å². The Morgan fingerprint density at radius 1 is 1.11 bits per heavy atom. The van der Waals surface area contributed by atoms with Crippen molar-refractivity contribution < 1.29 is 24.0 Å². The molecule has 7 heteroatoms. The third-order valence-electron chi connectivity index (χ3n) is 4.63. The van der Waals surface area contributed by atoms with E-state index in [1.807, 2.05) is 24.3 Å². The van der Waals surface area contributed by atoms with Crippen LogP contribution in [0.2, 0.25) is 0 Å². The maximum atomic E-state index is 10.7. The van der Waals surface area contributed by atoms with Crippen LogP contribution in [0.25, 0.3) is 6.08 Å². The number of hydrogen-bond acceptors (Lipinski definition) is 4. The van der Waals surface area contributed by atoms with Crippen molar-refractivity contribution in [2.45, 2.75) is 76.9 Å². The highest BCUT2D eigenvalue weighted by Crippen LogP contribution is 2.36. The van der Waals surface area contributed by atoms with E-state index in [2.05, 4.69) is 17.5 Å². The molecule has 28 heavy (non-hydrogen) atoms. The third kappa shape index (κ3) is 11.7. The quantitative estimate of drug-likeness (QED) is 0.245. The fourth-order valence-corrected chi connectivity index (χ4v) is 3.35. The van der Waals surface area contributed by atoms with Crippen LogP contribution in [0.4, 0.5) is 0 Å². The molecular formula is C21H36NO5P. The largest absolute Gasteiger partial charge is 0.469 e. The number of phosphoric acid groups is 1. The van der Waals surface area contributed by atoms with Crippen LogP contribution in [-0.4, -0.2) is 27.5 Å². The monoisotopic (exact) mass is 413 g/mol. The van der Waals surface area contributed by atoms with Crippen LogP contribution in [0, 0.1) is 0 Å². The van der Waals surface area contributed by atoms with Gasteiger partial charge in [-0.05, 0) is 30.0 Å². The minimum atomic E-state index is -4.60. The molecule has 0 saturated carbocycles. The topological polar surface area (TPSA) is 113 Å². The molecular weight excluding hydrogens is 377 g/mol. The zero-order valence-electron chi connectivity index (χ0n) is 16.9. The number of allylic oxidation sites excluding steroid dienone is 1. The lowest BCUT2D eigenvalue weighted by atomic mass is 10.0. The van der Waals surface area contributed by atoms with E-state index in [0.29, 0.717) is 5.56 Å². The number of hydrogen-bond donors (Lipinski definition) is 4. The highest BCUT2D eigenvalue weighted by molar-refractivity contribution is 7.46. The maximum Gasteiger partial charge on any atom is 0.469 e. The molecule has 160 valence electrons. The molecule has 0 bridgehead atoms. The molecule has 0 heterocycles. The Labute approximate surface area is 169 Å². The van der Waals surface area contributed by atoms with Crippen molar-refractivity contribution in [3.05, 3.63) is 41.5 Å². The van der Waals surface area contributed by atoms with Crippen LogP contribution in [0.15, 0.2) is 30.3 Å². The molecule has 1 aromatic carbocycles. The van der Waals surface area contributed by atoms with Gasteiger partial charge in [-0.2, -0.15) is 0 Å². The third-order valence-corrected chi connectivity index (χ3v) is 5.11. The Morgan fingerprint density at radius 3 is 2.39 bits per heavy atom. The van der Waals surface area contributed by atoms with Crippen molar-refractivity contribution in [1.29, 1.82) is 0 Å². The summed E-state index contributed by atoms with van der Waals surface area (Å²) in [6, 6.07) is 6.40. The molecule has 1 rings (SSSR count). The number of nitrogens with two attached hydrogens (primary N) is 1. The first kappa shape index (κ1) is 25.0. The number of phosphoric ester groups is 1. The lowest BCUT2D eigenvalue weighted by Gasteiger charge is -2.19. The van der Waals surface area contributed by atoms with Gasteiger partial charge in [-0.3, -0.25) is 4.52 Å². The van der Waals surface area contributed by atoms with E-state index in [0.717, 1.165) is 12.0 Å². The van der Waals surface area contributed by atoms with Gasteiger partial charge in [0, 0.05) is 0 Å². The SMILES string of the molecule is CCCCCCCCCC/C=C/c1cccc([C@@H](O)[C@@H](N)COP(=O)(O)O)c1. The van der Waals surface area contributed by atoms with Crippen molar-refractivity contribution in [3.63, 3.8) is 0 Å². The molecule has 2 atom stereocenters. The van der Waals surface area contributed by atoms with Crippen LogP contribution in [-0.2, 0) is 9.09 Å². The minimum Gasteiger partial charge on any atom is -0.387 e. The molecule has 6 nitrogen and oxygen atoms in total. The van der Waals surface area contributed by atoms with Gasteiger partial charge >= 0.3 is 7.82 Å². The molecule has 0 fully saturated rings. The Kier molecular flexibility index (Phi) is 12.6. The van der Waals surface area contributed by atoms with Gasteiger partial charge in [0.05, 0.1) is 18.8 Å². The molecule has 0 aromatic heterocycles. The van der Waals surface area contributed by atoms with E-state index in [1.54, 1.807) is 6.07 Å². The standard InChI is InChI=1S/C21H36NO5P/c1-2-3-4-5-6-7-8-9-10-11-13-18-14-12-15-19(16-18)21(23)20(22)17-27-28(24,25)26/h11-16,20-21,23H,2-10,17,22H2,1H3,(H2,24,25,26)/b13-11+/t20-,21+/m0/s1. The molecule has 0 aliphatic rings. The van der Waals surface area contributed by atoms with Gasteiger partial charge in [0.15, 0.2) is 0 Å². The van der Waals surface area contributed by atoms with Crippen molar-refractivity contribution in [2.24, 2.45) is 5.73 Å². The summed E-state index contributed by atoms with van der Waals surface area (Å²) in [4.78, 5) is 17.5. The molecule has 0 aliphatic heterocycles. The van der Waals surface area contributed by atoms with Gasteiger partial charge < -0.3 is 20.6 Å². The number of unbranched alkanes of at least 4 members (excludes halogenated alkanes) is 8. The lowest BCUT2D eigenvalue weighted by Crippen LogP contribution is -2.32.